The lowest BCUT2D eigenvalue weighted by Crippen LogP contribution is -2.68. The van der Waals surface area contributed by atoms with E-state index >= 15 is 0 Å². The van der Waals surface area contributed by atoms with Crippen LogP contribution in [0.15, 0.2) is 12.1 Å². The van der Waals surface area contributed by atoms with Crippen molar-refractivity contribution in [3.63, 3.8) is 0 Å². The number of hydrogen-bond acceptors (Lipinski definition) is 5. The van der Waals surface area contributed by atoms with Gasteiger partial charge in [-0.1, -0.05) is 11.6 Å². The number of halogens is 1. The summed E-state index contributed by atoms with van der Waals surface area (Å²) >= 11 is 0. The van der Waals surface area contributed by atoms with Gasteiger partial charge in [-0.2, -0.15) is 0 Å². The van der Waals surface area contributed by atoms with Gasteiger partial charge in [-0.3, -0.25) is 0 Å². The molecule has 1 aromatic rings. The Balaban J connectivity index is 0.000000422. The zero-order chi connectivity index (χ0) is 16.9. The van der Waals surface area contributed by atoms with Gasteiger partial charge in [0.1, 0.15) is 18.0 Å². The molecular formula is C15H22ClNO5. The zero-order valence-electron chi connectivity index (χ0n) is 13.1. The maximum atomic E-state index is 10.1. The number of rotatable bonds is 2. The second-order valence-electron chi connectivity index (χ2n) is 5.58. The molecule has 0 radical (unpaired) electrons. The van der Waals surface area contributed by atoms with Crippen molar-refractivity contribution in [3.8, 4) is 5.75 Å². The van der Waals surface area contributed by atoms with Crippen molar-refractivity contribution in [2.75, 3.05) is 6.54 Å². The molecule has 0 spiro atoms. The van der Waals surface area contributed by atoms with E-state index in [-0.39, 0.29) is 0 Å². The van der Waals surface area contributed by atoms with Gasteiger partial charge in [-0.05, 0) is 31.9 Å². The summed E-state index contributed by atoms with van der Waals surface area (Å²) in [6, 6.07) is 4.13. The van der Waals surface area contributed by atoms with E-state index in [1.807, 2.05) is 13.0 Å². The van der Waals surface area contributed by atoms with Crippen molar-refractivity contribution in [3.05, 3.63) is 28.8 Å². The molecule has 0 aliphatic carbocycles. The molecule has 6 nitrogen and oxygen atoms in total. The highest BCUT2D eigenvalue weighted by molar-refractivity contribution is 5.77. The maximum Gasteiger partial charge on any atom is 0.171 e. The van der Waals surface area contributed by atoms with E-state index in [2.05, 4.69) is 24.5 Å². The Morgan fingerprint density at radius 1 is 1.09 bits per heavy atom. The number of nitrogens with zero attached hydrogens (tertiary/aromatic N) is 1. The van der Waals surface area contributed by atoms with E-state index in [1.165, 1.54) is 30.5 Å². The molecule has 0 fully saturated rings. The summed E-state index contributed by atoms with van der Waals surface area (Å²) in [5.74, 6) is 0.467. The van der Waals surface area contributed by atoms with E-state index in [0.29, 0.717) is 5.75 Å². The SMILES string of the molecule is CC1=[N+](Cc2cc(C)cc(C)c2O)CCCC1.[O-][Cl+3]([O-])([O-])[O-]. The molecule has 124 valence electrons. The minimum atomic E-state index is -4.94. The van der Waals surface area contributed by atoms with Crippen molar-refractivity contribution >= 4 is 5.71 Å². The quantitative estimate of drug-likeness (QED) is 0.656. The van der Waals surface area contributed by atoms with E-state index in [1.54, 1.807) is 0 Å². The predicted molar refractivity (Wildman–Crippen MR) is 70.9 cm³/mol. The Morgan fingerprint density at radius 3 is 2.23 bits per heavy atom. The minimum Gasteiger partial charge on any atom is -0.507 e. The summed E-state index contributed by atoms with van der Waals surface area (Å²) in [7, 11) is -4.94. The minimum absolute atomic E-state index is 0.467. The highest BCUT2D eigenvalue weighted by Crippen LogP contribution is 2.25. The van der Waals surface area contributed by atoms with Crippen LogP contribution in [0.3, 0.4) is 0 Å². The average molecular weight is 332 g/mol. The van der Waals surface area contributed by atoms with Gasteiger partial charge in [-0.25, -0.2) is 23.2 Å². The Kier molecular flexibility index (Phi) is 6.77. The smallest absolute Gasteiger partial charge is 0.171 e. The molecule has 0 amide bonds. The summed E-state index contributed by atoms with van der Waals surface area (Å²) in [4.78, 5) is 0. The van der Waals surface area contributed by atoms with Crippen LogP contribution in [0.4, 0.5) is 0 Å². The van der Waals surface area contributed by atoms with Crippen LogP contribution in [0.5, 0.6) is 5.75 Å². The number of phenols is 1. The van der Waals surface area contributed by atoms with Crippen LogP contribution in [0.1, 0.15) is 42.9 Å². The first-order valence-corrected chi connectivity index (χ1v) is 8.29. The third-order valence-corrected chi connectivity index (χ3v) is 3.64. The number of hydrogen-bond donors (Lipinski definition) is 1. The molecule has 1 N–H and O–H groups in total. The van der Waals surface area contributed by atoms with Crippen LogP contribution >= 0.6 is 0 Å². The highest BCUT2D eigenvalue weighted by Gasteiger charge is 2.18. The van der Waals surface area contributed by atoms with Gasteiger partial charge < -0.3 is 5.11 Å². The molecule has 0 saturated carbocycles. The van der Waals surface area contributed by atoms with Crippen LogP contribution in [-0.2, 0) is 6.54 Å². The van der Waals surface area contributed by atoms with Gasteiger partial charge in [0.2, 0.25) is 0 Å². The van der Waals surface area contributed by atoms with Gasteiger partial charge in [0.15, 0.2) is 6.54 Å². The number of phenolic OH excluding ortho intramolecular Hbond substituents is 1. The first-order chi connectivity index (χ1) is 10.1. The predicted octanol–water partition coefficient (Wildman–Crippen LogP) is -1.59. The Hall–Kier alpha value is -1.18. The molecule has 0 bridgehead atoms. The fourth-order valence-corrected chi connectivity index (χ4v) is 2.62. The lowest BCUT2D eigenvalue weighted by molar-refractivity contribution is -2.00. The monoisotopic (exact) mass is 331 g/mol. The van der Waals surface area contributed by atoms with E-state index in [4.69, 9.17) is 18.6 Å². The summed E-state index contributed by atoms with van der Waals surface area (Å²) in [6.07, 6.45) is 3.77. The molecule has 22 heavy (non-hydrogen) atoms. The van der Waals surface area contributed by atoms with Crippen LogP contribution in [0, 0.1) is 24.1 Å². The van der Waals surface area contributed by atoms with E-state index < -0.39 is 10.2 Å². The molecule has 2 rings (SSSR count). The van der Waals surface area contributed by atoms with Crippen molar-refractivity contribution in [2.45, 2.75) is 46.6 Å². The first kappa shape index (κ1) is 18.9. The second-order valence-corrected chi connectivity index (χ2v) is 6.34. The Labute approximate surface area is 132 Å². The fraction of sp³-hybridized carbons (Fsp3) is 0.533. The van der Waals surface area contributed by atoms with Gasteiger partial charge in [-0.15, -0.1) is 10.2 Å². The zero-order valence-corrected chi connectivity index (χ0v) is 13.9. The third-order valence-electron chi connectivity index (χ3n) is 3.64. The van der Waals surface area contributed by atoms with Crippen LogP contribution < -0.4 is 18.6 Å². The van der Waals surface area contributed by atoms with Crippen LogP contribution in [0.25, 0.3) is 0 Å². The lowest BCUT2D eigenvalue weighted by Gasteiger charge is -2.17. The number of aryl methyl sites for hydroxylation is 2. The van der Waals surface area contributed by atoms with Gasteiger partial charge in [0.05, 0.1) is 5.56 Å². The molecular weight excluding hydrogens is 310 g/mol. The van der Waals surface area contributed by atoms with Crippen LogP contribution in [0.2, 0.25) is 0 Å². The van der Waals surface area contributed by atoms with Crippen molar-refractivity contribution < 1.29 is 38.6 Å². The van der Waals surface area contributed by atoms with E-state index in [9.17, 15) is 5.11 Å². The van der Waals surface area contributed by atoms with Crippen molar-refractivity contribution in [1.29, 1.82) is 0 Å². The maximum absolute atomic E-state index is 10.1. The molecule has 1 aliphatic rings. The molecule has 1 aliphatic heterocycles. The number of benzene rings is 1. The van der Waals surface area contributed by atoms with Crippen molar-refractivity contribution in [1.82, 2.24) is 0 Å². The van der Waals surface area contributed by atoms with E-state index in [0.717, 1.165) is 24.2 Å². The van der Waals surface area contributed by atoms with Gasteiger partial charge >= 0.3 is 0 Å². The van der Waals surface area contributed by atoms with Gasteiger partial charge in [0, 0.05) is 19.8 Å². The lowest BCUT2D eigenvalue weighted by atomic mass is 10.0. The molecule has 0 unspecified atom stereocenters. The molecule has 1 aromatic carbocycles. The molecule has 0 saturated heterocycles. The largest absolute Gasteiger partial charge is 0.507 e. The second kappa shape index (κ2) is 7.89. The highest BCUT2D eigenvalue weighted by atomic mass is 35.7. The molecule has 0 atom stereocenters. The first-order valence-electron chi connectivity index (χ1n) is 7.06. The Morgan fingerprint density at radius 2 is 1.68 bits per heavy atom. The topological polar surface area (TPSA) is 115 Å². The fourth-order valence-electron chi connectivity index (χ4n) is 2.62. The summed E-state index contributed by atoms with van der Waals surface area (Å²) in [6.45, 7) is 8.23. The average Bonchev–Trinajstić information content (AvgIpc) is 2.36. The number of aromatic hydroxyl groups is 1. The summed E-state index contributed by atoms with van der Waals surface area (Å²) < 4.78 is 36.4. The Bertz CT molecular complexity index is 546. The third kappa shape index (κ3) is 6.72. The normalized spacial score (nSPS) is 15.4. The van der Waals surface area contributed by atoms with Crippen LogP contribution in [-0.4, -0.2) is 21.9 Å². The summed E-state index contributed by atoms with van der Waals surface area (Å²) in [5.41, 5.74) is 4.72. The summed E-state index contributed by atoms with van der Waals surface area (Å²) in [5, 5.41) is 10.1. The molecule has 0 aromatic heterocycles. The van der Waals surface area contributed by atoms with Crippen molar-refractivity contribution in [2.24, 2.45) is 0 Å². The van der Waals surface area contributed by atoms with Gasteiger partial charge in [0.25, 0.3) is 0 Å². The standard InChI is InChI=1S/C15H21NO.ClHO4/c1-11-8-12(2)15(17)14(9-11)10-16-7-5-4-6-13(16)3;2-1(3,4)5/h8-9H,4-7,10H2,1-3H3;(H,2,3,4,5). The molecule has 7 heteroatoms. The molecule has 1 heterocycles.